The average Bonchev–Trinajstić information content (AvgIpc) is 2.84. The van der Waals surface area contributed by atoms with Crippen LogP contribution in [0, 0.1) is 0 Å². The summed E-state index contributed by atoms with van der Waals surface area (Å²) in [6, 6.07) is 3.50. The Balaban J connectivity index is 2.04. The first-order valence-corrected chi connectivity index (χ1v) is 7.48. The molecule has 2 heterocycles. The van der Waals surface area contributed by atoms with Crippen LogP contribution in [0.5, 0.6) is 0 Å². The van der Waals surface area contributed by atoms with Gasteiger partial charge in [0.25, 0.3) is 0 Å². The van der Waals surface area contributed by atoms with Crippen LogP contribution in [-0.4, -0.2) is 31.6 Å². The molecule has 1 aromatic rings. The minimum absolute atomic E-state index is 0.548. The minimum Gasteiger partial charge on any atom is -0.314 e. The van der Waals surface area contributed by atoms with E-state index in [-0.39, 0.29) is 0 Å². The quantitative estimate of drug-likeness (QED) is 0.918. The molecule has 0 saturated carbocycles. The van der Waals surface area contributed by atoms with E-state index in [1.54, 1.807) is 0 Å². The highest BCUT2D eigenvalue weighted by Crippen LogP contribution is 2.32. The van der Waals surface area contributed by atoms with Gasteiger partial charge in [0.2, 0.25) is 0 Å². The van der Waals surface area contributed by atoms with Gasteiger partial charge in [0.15, 0.2) is 0 Å². The Morgan fingerprint density at radius 3 is 2.94 bits per heavy atom. The first-order chi connectivity index (χ1) is 7.66. The molecule has 2 nitrogen and oxygen atoms in total. The van der Waals surface area contributed by atoms with Gasteiger partial charge in [-0.15, -0.1) is 11.3 Å². The van der Waals surface area contributed by atoms with Crippen LogP contribution in [0.2, 0.25) is 0 Å². The van der Waals surface area contributed by atoms with E-state index in [1.807, 2.05) is 11.3 Å². The summed E-state index contributed by atoms with van der Waals surface area (Å²) >= 11 is 5.39. The number of nitrogens with one attached hydrogen (secondary N) is 1. The van der Waals surface area contributed by atoms with Gasteiger partial charge in [-0.05, 0) is 61.9 Å². The monoisotopic (exact) mass is 302 g/mol. The molecule has 0 amide bonds. The van der Waals surface area contributed by atoms with Crippen LogP contribution in [0.4, 0.5) is 0 Å². The Kier molecular flexibility index (Phi) is 4.41. The molecule has 1 aliphatic heterocycles. The second-order valence-corrected chi connectivity index (χ2v) is 6.53. The van der Waals surface area contributed by atoms with Gasteiger partial charge in [-0.1, -0.05) is 0 Å². The van der Waals surface area contributed by atoms with Crippen molar-refractivity contribution in [3.05, 3.63) is 20.8 Å². The number of thiophene rings is 1. The molecule has 1 saturated heterocycles. The fraction of sp³-hybridized carbons (Fsp3) is 0.667. The maximum atomic E-state index is 3.58. The Hall–Kier alpha value is 0.1000. The first kappa shape index (κ1) is 12.6. The van der Waals surface area contributed by atoms with Crippen LogP contribution in [-0.2, 0) is 0 Å². The molecule has 1 N–H and O–H groups in total. The summed E-state index contributed by atoms with van der Waals surface area (Å²) in [7, 11) is 4.35. The van der Waals surface area contributed by atoms with Crippen LogP contribution in [0.25, 0.3) is 0 Å². The third-order valence-electron chi connectivity index (χ3n) is 3.21. The largest absolute Gasteiger partial charge is 0.314 e. The predicted molar refractivity (Wildman–Crippen MR) is 74.1 cm³/mol. The lowest BCUT2D eigenvalue weighted by Crippen LogP contribution is -2.29. The van der Waals surface area contributed by atoms with E-state index < -0.39 is 0 Å². The van der Waals surface area contributed by atoms with E-state index in [0.717, 1.165) is 0 Å². The van der Waals surface area contributed by atoms with Crippen molar-refractivity contribution < 1.29 is 0 Å². The smallest absolute Gasteiger partial charge is 0.0450 e. The molecule has 0 aliphatic carbocycles. The summed E-state index contributed by atoms with van der Waals surface area (Å²) in [4.78, 5) is 3.80. The SMILES string of the molecule is CN(C)C(CC1CCCN1)c1cc(Br)cs1. The summed E-state index contributed by atoms with van der Waals surface area (Å²) in [5.74, 6) is 0. The van der Waals surface area contributed by atoms with E-state index >= 15 is 0 Å². The molecule has 0 radical (unpaired) electrons. The number of hydrogen-bond acceptors (Lipinski definition) is 3. The van der Waals surface area contributed by atoms with Crippen LogP contribution in [0.15, 0.2) is 15.9 Å². The fourth-order valence-electron chi connectivity index (χ4n) is 2.31. The molecule has 0 spiro atoms. The van der Waals surface area contributed by atoms with Crippen molar-refractivity contribution >= 4 is 27.3 Å². The standard InChI is InChI=1S/C12H19BrN2S/c1-15(2)11(7-10-4-3-5-14-10)12-6-9(13)8-16-12/h6,8,10-11,14H,3-5,7H2,1-2H3. The maximum absolute atomic E-state index is 3.58. The number of nitrogens with zero attached hydrogens (tertiary/aromatic N) is 1. The van der Waals surface area contributed by atoms with Crippen LogP contribution in [0.1, 0.15) is 30.2 Å². The number of halogens is 1. The molecule has 0 bridgehead atoms. The fourth-order valence-corrected chi connectivity index (χ4v) is 3.97. The van der Waals surface area contributed by atoms with Gasteiger partial charge in [-0.25, -0.2) is 0 Å². The van der Waals surface area contributed by atoms with Crippen molar-refractivity contribution in [2.75, 3.05) is 20.6 Å². The van der Waals surface area contributed by atoms with Crippen molar-refractivity contribution in [1.29, 1.82) is 0 Å². The zero-order valence-electron chi connectivity index (χ0n) is 9.87. The van der Waals surface area contributed by atoms with E-state index in [4.69, 9.17) is 0 Å². The summed E-state index contributed by atoms with van der Waals surface area (Å²) in [5, 5.41) is 5.76. The van der Waals surface area contributed by atoms with Crippen LogP contribution in [0.3, 0.4) is 0 Å². The summed E-state index contributed by atoms with van der Waals surface area (Å²) in [6.07, 6.45) is 3.88. The van der Waals surface area contributed by atoms with Crippen molar-refractivity contribution in [3.8, 4) is 0 Å². The van der Waals surface area contributed by atoms with Gasteiger partial charge in [0.05, 0.1) is 0 Å². The molecule has 16 heavy (non-hydrogen) atoms. The molecular weight excluding hydrogens is 284 g/mol. The Morgan fingerprint density at radius 2 is 2.44 bits per heavy atom. The highest BCUT2D eigenvalue weighted by atomic mass is 79.9. The van der Waals surface area contributed by atoms with Gasteiger partial charge >= 0.3 is 0 Å². The minimum atomic E-state index is 0.548. The Labute approximate surface area is 110 Å². The average molecular weight is 303 g/mol. The molecule has 2 rings (SSSR count). The van der Waals surface area contributed by atoms with Crippen molar-refractivity contribution in [3.63, 3.8) is 0 Å². The molecule has 2 unspecified atom stereocenters. The molecular formula is C12H19BrN2S. The second-order valence-electron chi connectivity index (χ2n) is 4.68. The number of rotatable bonds is 4. The Morgan fingerprint density at radius 1 is 1.62 bits per heavy atom. The molecule has 1 aliphatic rings. The van der Waals surface area contributed by atoms with Gasteiger partial charge in [-0.3, -0.25) is 0 Å². The lowest BCUT2D eigenvalue weighted by atomic mass is 10.0. The van der Waals surface area contributed by atoms with Crippen molar-refractivity contribution in [2.45, 2.75) is 31.3 Å². The van der Waals surface area contributed by atoms with Gasteiger partial charge < -0.3 is 10.2 Å². The Bertz CT molecular complexity index is 332. The van der Waals surface area contributed by atoms with E-state index in [9.17, 15) is 0 Å². The van der Waals surface area contributed by atoms with Gasteiger partial charge in [0.1, 0.15) is 0 Å². The maximum Gasteiger partial charge on any atom is 0.0450 e. The third-order valence-corrected chi connectivity index (χ3v) is 5.00. The van der Waals surface area contributed by atoms with Crippen molar-refractivity contribution in [2.24, 2.45) is 0 Å². The number of hydrogen-bond donors (Lipinski definition) is 1. The van der Waals surface area contributed by atoms with Crippen LogP contribution < -0.4 is 5.32 Å². The van der Waals surface area contributed by atoms with Gasteiger partial charge in [-0.2, -0.15) is 0 Å². The van der Waals surface area contributed by atoms with E-state index in [2.05, 4.69) is 51.7 Å². The third kappa shape index (κ3) is 3.06. The predicted octanol–water partition coefficient (Wildman–Crippen LogP) is 3.26. The highest BCUT2D eigenvalue weighted by molar-refractivity contribution is 9.10. The van der Waals surface area contributed by atoms with Crippen molar-refractivity contribution in [1.82, 2.24) is 10.2 Å². The van der Waals surface area contributed by atoms with E-state index in [1.165, 1.54) is 35.2 Å². The zero-order chi connectivity index (χ0) is 11.5. The molecule has 1 fully saturated rings. The molecule has 2 atom stereocenters. The zero-order valence-corrected chi connectivity index (χ0v) is 12.3. The second kappa shape index (κ2) is 5.63. The van der Waals surface area contributed by atoms with Gasteiger partial charge in [0, 0.05) is 26.8 Å². The summed E-state index contributed by atoms with van der Waals surface area (Å²) < 4.78 is 1.21. The lowest BCUT2D eigenvalue weighted by molar-refractivity contribution is 0.266. The lowest BCUT2D eigenvalue weighted by Gasteiger charge is -2.26. The normalized spacial score (nSPS) is 22.9. The summed E-state index contributed by atoms with van der Waals surface area (Å²) in [5.41, 5.74) is 0. The topological polar surface area (TPSA) is 15.3 Å². The summed E-state index contributed by atoms with van der Waals surface area (Å²) in [6.45, 7) is 1.19. The van der Waals surface area contributed by atoms with Crippen LogP contribution >= 0.6 is 27.3 Å². The highest BCUT2D eigenvalue weighted by Gasteiger charge is 2.23. The molecule has 4 heteroatoms. The molecule has 1 aromatic heterocycles. The molecule has 90 valence electrons. The van der Waals surface area contributed by atoms with E-state index in [0.29, 0.717) is 12.1 Å². The first-order valence-electron chi connectivity index (χ1n) is 5.80. The molecule has 0 aromatic carbocycles.